The molecular formula is C30H41F5N4O6S. The topological polar surface area (TPSA) is 130 Å². The lowest BCUT2D eigenvalue weighted by molar-refractivity contribution is -0.186. The normalized spacial score (nSPS) is 26.9. The van der Waals surface area contributed by atoms with Crippen molar-refractivity contribution in [1.29, 1.82) is 0 Å². The van der Waals surface area contributed by atoms with E-state index in [1.165, 1.54) is 18.2 Å². The van der Waals surface area contributed by atoms with E-state index in [0.29, 0.717) is 13.0 Å². The Bertz CT molecular complexity index is 1340. The Morgan fingerprint density at radius 2 is 1.80 bits per heavy atom. The summed E-state index contributed by atoms with van der Waals surface area (Å²) in [5, 5.41) is 39.7. The lowest BCUT2D eigenvalue weighted by Gasteiger charge is -2.47. The van der Waals surface area contributed by atoms with Crippen LogP contribution in [-0.4, -0.2) is 109 Å². The molecule has 0 bridgehead atoms. The average Bonchev–Trinajstić information content (AvgIpc) is 3.48. The summed E-state index contributed by atoms with van der Waals surface area (Å²) in [4.78, 5) is 15.4. The van der Waals surface area contributed by atoms with Gasteiger partial charge >= 0.3 is 0 Å². The van der Waals surface area contributed by atoms with Gasteiger partial charge in [-0.3, -0.25) is 4.79 Å². The predicted octanol–water partition coefficient (Wildman–Crippen LogP) is 3.93. The van der Waals surface area contributed by atoms with Crippen LogP contribution in [0.25, 0.3) is 11.3 Å². The number of nitrogens with zero attached hydrogens (tertiary/aromatic N) is 4. The first kappa shape index (κ1) is 36.5. The molecule has 0 spiro atoms. The van der Waals surface area contributed by atoms with Crippen LogP contribution in [0.15, 0.2) is 18.3 Å². The zero-order chi connectivity index (χ0) is 34.2. The quantitative estimate of drug-likeness (QED) is 0.253. The molecule has 258 valence electrons. The third-order valence-corrected chi connectivity index (χ3v) is 10.2. The van der Waals surface area contributed by atoms with Crippen LogP contribution in [-0.2, 0) is 14.3 Å². The summed E-state index contributed by atoms with van der Waals surface area (Å²) in [6.07, 6.45) is -3.92. The second-order valence-electron chi connectivity index (χ2n) is 13.3. The molecule has 0 radical (unpaired) electrons. The van der Waals surface area contributed by atoms with Crippen molar-refractivity contribution in [2.24, 2.45) is 5.41 Å². The van der Waals surface area contributed by atoms with Crippen LogP contribution in [0.4, 0.5) is 22.0 Å². The van der Waals surface area contributed by atoms with Crippen molar-refractivity contribution in [1.82, 2.24) is 19.9 Å². The monoisotopic (exact) mass is 680 g/mol. The first-order valence-corrected chi connectivity index (χ1v) is 15.9. The number of amides is 1. The zero-order valence-electron chi connectivity index (χ0n) is 26.3. The molecule has 4 rings (SSSR count). The first-order chi connectivity index (χ1) is 21.4. The van der Waals surface area contributed by atoms with Gasteiger partial charge in [0, 0.05) is 39.1 Å². The van der Waals surface area contributed by atoms with Gasteiger partial charge in [0.25, 0.3) is 0 Å². The second kappa shape index (κ2) is 14.0. The van der Waals surface area contributed by atoms with E-state index in [4.69, 9.17) is 9.47 Å². The fourth-order valence-corrected chi connectivity index (χ4v) is 7.34. The van der Waals surface area contributed by atoms with Crippen LogP contribution in [0, 0.1) is 22.9 Å². The molecule has 3 N–H and O–H groups in total. The molecular weight excluding hydrogens is 639 g/mol. The number of alkyl halides is 2. The third kappa shape index (κ3) is 8.01. The molecule has 1 aliphatic carbocycles. The third-order valence-electron chi connectivity index (χ3n) is 8.60. The highest BCUT2D eigenvalue weighted by Gasteiger charge is 2.54. The lowest BCUT2D eigenvalue weighted by atomic mass is 9.80. The van der Waals surface area contributed by atoms with Gasteiger partial charge in [-0.05, 0) is 36.8 Å². The van der Waals surface area contributed by atoms with Crippen molar-refractivity contribution in [3.8, 4) is 11.3 Å². The molecule has 1 aromatic carbocycles. The molecule has 1 saturated carbocycles. The van der Waals surface area contributed by atoms with E-state index >= 15 is 0 Å². The molecule has 2 fully saturated rings. The van der Waals surface area contributed by atoms with Gasteiger partial charge in [-0.1, -0.05) is 26.0 Å². The summed E-state index contributed by atoms with van der Waals surface area (Å²) < 4.78 is 82.6. The summed E-state index contributed by atoms with van der Waals surface area (Å²) in [6, 6.07) is 0.318. The van der Waals surface area contributed by atoms with E-state index in [1.807, 2.05) is 20.8 Å². The van der Waals surface area contributed by atoms with E-state index in [-0.39, 0.29) is 29.5 Å². The SMILES string of the molecule is CO[C@@H]1[C@@H](n2cc(-c3cc(F)c(F)c(F)c3)nn2)[C@@H](O)[C@@H](CO)O[C@H]1S[C@H](C(=O)N(C)CCC(C)(C)C)C1(O)CCC(F)(F)CC1. The number of aliphatic hydroxyl groups excluding tert-OH is 2. The summed E-state index contributed by atoms with van der Waals surface area (Å²) >= 11 is 0.844. The van der Waals surface area contributed by atoms with Gasteiger partial charge in [-0.2, -0.15) is 0 Å². The average molecular weight is 681 g/mol. The van der Waals surface area contributed by atoms with Crippen molar-refractivity contribution < 1.29 is 51.5 Å². The number of thioether (sulfide) groups is 1. The molecule has 46 heavy (non-hydrogen) atoms. The van der Waals surface area contributed by atoms with E-state index in [2.05, 4.69) is 10.3 Å². The number of benzene rings is 1. The number of aromatic nitrogens is 3. The van der Waals surface area contributed by atoms with Gasteiger partial charge in [-0.15, -0.1) is 16.9 Å². The highest BCUT2D eigenvalue weighted by Crippen LogP contribution is 2.47. The maximum Gasteiger partial charge on any atom is 0.248 e. The number of aliphatic hydroxyl groups is 3. The Hall–Kier alpha value is -2.37. The Kier molecular flexibility index (Phi) is 11.1. The number of carbonyl (C=O) groups is 1. The summed E-state index contributed by atoms with van der Waals surface area (Å²) in [5.74, 6) is -8.03. The van der Waals surface area contributed by atoms with Crippen molar-refractivity contribution in [3.05, 3.63) is 35.8 Å². The molecule has 1 saturated heterocycles. The molecule has 1 aliphatic heterocycles. The van der Waals surface area contributed by atoms with Crippen LogP contribution in [0.3, 0.4) is 0 Å². The number of methoxy groups -OCH3 is 1. The van der Waals surface area contributed by atoms with Crippen LogP contribution < -0.4 is 0 Å². The van der Waals surface area contributed by atoms with Gasteiger partial charge in [0.2, 0.25) is 11.8 Å². The Balaban J connectivity index is 1.68. The number of hydrogen-bond donors (Lipinski definition) is 3. The van der Waals surface area contributed by atoms with Gasteiger partial charge in [0.15, 0.2) is 17.5 Å². The van der Waals surface area contributed by atoms with Crippen LogP contribution in [0.2, 0.25) is 0 Å². The van der Waals surface area contributed by atoms with Gasteiger partial charge < -0.3 is 29.7 Å². The number of halogens is 5. The highest BCUT2D eigenvalue weighted by atomic mass is 32.2. The summed E-state index contributed by atoms with van der Waals surface area (Å²) in [5.41, 5.74) is -3.31. The molecule has 1 aromatic heterocycles. The molecule has 0 unspecified atom stereocenters. The standard InChI is InChI=1S/C30H41F5N4O6S/c1-28(2,3)10-11-38(4)26(42)25(29(43)6-8-30(34,35)9-7-29)46-27-24(44-5)22(23(41)20(15-40)45-27)39-14-19(36-37-39)16-12-17(31)21(33)18(32)13-16/h12-14,20,22-25,27,40-41,43H,6-11,15H2,1-5H3/t20-,22+,23+,24-,25-,27+/m1/s1. The molecule has 2 heterocycles. The smallest absolute Gasteiger partial charge is 0.248 e. The fourth-order valence-electron chi connectivity index (χ4n) is 5.65. The van der Waals surface area contributed by atoms with Crippen molar-refractivity contribution in [2.75, 3.05) is 27.3 Å². The molecule has 2 aliphatic rings. The van der Waals surface area contributed by atoms with E-state index in [0.717, 1.165) is 28.6 Å². The van der Waals surface area contributed by atoms with Crippen molar-refractivity contribution in [2.45, 2.75) is 99.4 Å². The maximum absolute atomic E-state index is 14.2. The fraction of sp³-hybridized carbons (Fsp3) is 0.700. The summed E-state index contributed by atoms with van der Waals surface area (Å²) in [7, 11) is 2.87. The van der Waals surface area contributed by atoms with E-state index in [9.17, 15) is 42.1 Å². The summed E-state index contributed by atoms with van der Waals surface area (Å²) in [6.45, 7) is 5.67. The van der Waals surface area contributed by atoms with E-state index < -0.39 is 89.4 Å². The number of rotatable bonds is 10. The maximum atomic E-state index is 14.2. The molecule has 2 aromatic rings. The highest BCUT2D eigenvalue weighted by molar-refractivity contribution is 8.01. The second-order valence-corrected chi connectivity index (χ2v) is 14.5. The number of ether oxygens (including phenoxy) is 2. The molecule has 16 heteroatoms. The van der Waals surface area contributed by atoms with Gasteiger partial charge in [0.05, 0.1) is 18.4 Å². The zero-order valence-corrected chi connectivity index (χ0v) is 27.1. The minimum atomic E-state index is -2.99. The van der Waals surface area contributed by atoms with Gasteiger partial charge in [0.1, 0.15) is 40.7 Å². The van der Waals surface area contributed by atoms with Gasteiger partial charge in [-0.25, -0.2) is 26.6 Å². The minimum Gasteiger partial charge on any atom is -0.394 e. The van der Waals surface area contributed by atoms with Crippen molar-refractivity contribution in [3.63, 3.8) is 0 Å². The predicted molar refractivity (Wildman–Crippen MR) is 158 cm³/mol. The van der Waals surface area contributed by atoms with Crippen LogP contribution in [0.5, 0.6) is 0 Å². The first-order valence-electron chi connectivity index (χ1n) is 14.9. The Morgan fingerprint density at radius 3 is 2.35 bits per heavy atom. The molecule has 6 atom stereocenters. The largest absolute Gasteiger partial charge is 0.394 e. The molecule has 10 nitrogen and oxygen atoms in total. The molecule has 1 amide bonds. The van der Waals surface area contributed by atoms with Crippen molar-refractivity contribution >= 4 is 17.7 Å². The Labute approximate surface area is 268 Å². The lowest BCUT2D eigenvalue weighted by Crippen LogP contribution is -2.59. The van der Waals surface area contributed by atoms with E-state index in [1.54, 1.807) is 7.05 Å². The number of carbonyl (C=O) groups excluding carboxylic acids is 1. The number of hydrogen-bond acceptors (Lipinski definition) is 9. The van der Waals surface area contributed by atoms with Crippen LogP contribution in [0.1, 0.15) is 58.9 Å². The minimum absolute atomic E-state index is 0.0675. The van der Waals surface area contributed by atoms with Crippen LogP contribution >= 0.6 is 11.8 Å². The Morgan fingerprint density at radius 1 is 1.20 bits per heavy atom.